The molecule has 0 aliphatic heterocycles. The minimum absolute atomic E-state index is 0.0316. The van der Waals surface area contributed by atoms with Crippen molar-refractivity contribution in [3.8, 4) is 10.4 Å². The minimum atomic E-state index is -0.229. The van der Waals surface area contributed by atoms with E-state index in [1.807, 2.05) is 49.5 Å². The van der Waals surface area contributed by atoms with E-state index in [2.05, 4.69) is 4.98 Å². The van der Waals surface area contributed by atoms with Crippen LogP contribution in [-0.4, -0.2) is 39.2 Å². The first kappa shape index (κ1) is 22.5. The van der Waals surface area contributed by atoms with E-state index in [1.54, 1.807) is 17.9 Å². The highest BCUT2D eigenvalue weighted by Gasteiger charge is 2.27. The summed E-state index contributed by atoms with van der Waals surface area (Å²) in [6, 6.07) is 15.1. The van der Waals surface area contributed by atoms with Crippen LogP contribution in [0, 0.1) is 0 Å². The van der Waals surface area contributed by atoms with Gasteiger partial charge in [-0.15, -0.1) is 11.3 Å². The number of halogens is 1. The Kier molecular flexibility index (Phi) is 5.83. The van der Waals surface area contributed by atoms with Crippen LogP contribution in [0.15, 0.2) is 59.7 Å². The Hall–Kier alpha value is -3.29. The molecule has 0 spiro atoms. The van der Waals surface area contributed by atoms with Crippen LogP contribution >= 0.6 is 22.9 Å². The molecule has 1 aliphatic carbocycles. The van der Waals surface area contributed by atoms with Crippen molar-refractivity contribution in [1.82, 2.24) is 14.5 Å². The summed E-state index contributed by atoms with van der Waals surface area (Å²) in [4.78, 5) is 44.9. The number of amides is 1. The first-order chi connectivity index (χ1) is 16.3. The van der Waals surface area contributed by atoms with Gasteiger partial charge in [0, 0.05) is 35.5 Å². The number of hydrogen-bond acceptors (Lipinski definition) is 5. The molecule has 2 heterocycles. The van der Waals surface area contributed by atoms with Gasteiger partial charge in [-0.2, -0.15) is 0 Å². The molecule has 1 unspecified atom stereocenters. The van der Waals surface area contributed by atoms with E-state index in [9.17, 15) is 14.4 Å². The fourth-order valence-corrected chi connectivity index (χ4v) is 5.55. The van der Waals surface area contributed by atoms with Gasteiger partial charge in [0.25, 0.3) is 5.56 Å². The van der Waals surface area contributed by atoms with Crippen LogP contribution < -0.4 is 5.56 Å². The smallest absolute Gasteiger partial charge is 0.271 e. The van der Waals surface area contributed by atoms with E-state index in [1.165, 1.54) is 22.2 Å². The first-order valence-electron chi connectivity index (χ1n) is 10.9. The largest absolute Gasteiger partial charge is 0.342 e. The number of Topliss-reactive ketones (excluding diaryl/α,β-unsaturated/α-hetero) is 1. The Morgan fingerprint density at radius 2 is 1.85 bits per heavy atom. The lowest BCUT2D eigenvalue weighted by molar-refractivity contribution is -0.129. The van der Waals surface area contributed by atoms with Crippen molar-refractivity contribution in [2.24, 2.45) is 0 Å². The highest BCUT2D eigenvalue weighted by Crippen LogP contribution is 2.31. The second-order valence-electron chi connectivity index (χ2n) is 8.61. The molecule has 1 atom stereocenters. The van der Waals surface area contributed by atoms with Gasteiger partial charge < -0.3 is 4.90 Å². The molecule has 6 nitrogen and oxygen atoms in total. The molecule has 2 aromatic carbocycles. The van der Waals surface area contributed by atoms with Crippen LogP contribution in [0.3, 0.4) is 0 Å². The van der Waals surface area contributed by atoms with Crippen molar-refractivity contribution in [1.29, 1.82) is 0 Å². The predicted octanol–water partition coefficient (Wildman–Crippen LogP) is 4.61. The maximum Gasteiger partial charge on any atom is 0.271 e. The fourth-order valence-electron chi connectivity index (χ4n) is 4.36. The number of carbonyl (C=O) groups excluding carboxylic acids is 2. The molecule has 2 aromatic heterocycles. The molecule has 8 heteroatoms. The highest BCUT2D eigenvalue weighted by atomic mass is 35.5. The molecule has 172 valence electrons. The van der Waals surface area contributed by atoms with Crippen LogP contribution in [-0.2, 0) is 24.2 Å². The topological polar surface area (TPSA) is 72.3 Å². The Labute approximate surface area is 205 Å². The molecule has 5 rings (SSSR count). The summed E-state index contributed by atoms with van der Waals surface area (Å²) >= 11 is 7.34. The molecule has 0 fully saturated rings. The molecule has 0 saturated heterocycles. The van der Waals surface area contributed by atoms with Gasteiger partial charge in [-0.3, -0.25) is 19.0 Å². The number of likely N-dealkylation sites (N-methyl/N-ethyl adjacent to an activating group) is 1. The summed E-state index contributed by atoms with van der Waals surface area (Å²) in [7, 11) is 1.81. The molecular weight excluding hydrogens is 470 g/mol. The molecule has 1 aliphatic rings. The summed E-state index contributed by atoms with van der Waals surface area (Å²) in [6.07, 6.45) is 2.95. The van der Waals surface area contributed by atoms with E-state index in [0.717, 1.165) is 34.4 Å². The summed E-state index contributed by atoms with van der Waals surface area (Å²) in [6.45, 7) is 1.48. The minimum Gasteiger partial charge on any atom is -0.342 e. The summed E-state index contributed by atoms with van der Waals surface area (Å²) in [5, 5.41) is 0.650. The van der Waals surface area contributed by atoms with Crippen molar-refractivity contribution in [3.63, 3.8) is 0 Å². The molecule has 0 N–H and O–H groups in total. The number of fused-ring (bicyclic) bond motifs is 2. The maximum atomic E-state index is 13.1. The van der Waals surface area contributed by atoms with Gasteiger partial charge in [0.15, 0.2) is 5.78 Å². The van der Waals surface area contributed by atoms with Crippen LogP contribution in [0.2, 0.25) is 5.02 Å². The Morgan fingerprint density at radius 3 is 2.59 bits per heavy atom. The summed E-state index contributed by atoms with van der Waals surface area (Å²) < 4.78 is 1.89. The van der Waals surface area contributed by atoms with Gasteiger partial charge in [-0.1, -0.05) is 35.9 Å². The van der Waals surface area contributed by atoms with Crippen LogP contribution in [0.5, 0.6) is 0 Å². The van der Waals surface area contributed by atoms with Crippen LogP contribution in [0.4, 0.5) is 0 Å². The predicted molar refractivity (Wildman–Crippen MR) is 135 cm³/mol. The monoisotopic (exact) mass is 491 g/mol. The molecule has 0 bridgehead atoms. The third kappa shape index (κ3) is 4.17. The Bertz CT molecular complexity index is 1490. The zero-order valence-electron chi connectivity index (χ0n) is 18.7. The summed E-state index contributed by atoms with van der Waals surface area (Å²) in [5.41, 5.74) is 4.14. The normalized spacial score (nSPS) is 14.9. The van der Waals surface area contributed by atoms with Crippen LogP contribution in [0.1, 0.15) is 28.4 Å². The maximum absolute atomic E-state index is 13.1. The zero-order valence-corrected chi connectivity index (χ0v) is 20.3. The number of hydrogen-bond donors (Lipinski definition) is 0. The average molecular weight is 492 g/mol. The molecule has 34 heavy (non-hydrogen) atoms. The number of thiophene rings is 1. The van der Waals surface area contributed by atoms with Crippen molar-refractivity contribution >= 4 is 44.8 Å². The van der Waals surface area contributed by atoms with E-state index < -0.39 is 0 Å². The quantitative estimate of drug-likeness (QED) is 0.382. The van der Waals surface area contributed by atoms with Gasteiger partial charge in [0.1, 0.15) is 4.70 Å². The lowest BCUT2D eigenvalue weighted by atomic mass is 10.0. The van der Waals surface area contributed by atoms with E-state index in [-0.39, 0.29) is 29.8 Å². The third-order valence-corrected chi connectivity index (χ3v) is 7.84. The van der Waals surface area contributed by atoms with Gasteiger partial charge in [0.2, 0.25) is 5.91 Å². The Morgan fingerprint density at radius 1 is 1.12 bits per heavy atom. The number of aromatic nitrogens is 2. The molecule has 0 radical (unpaired) electrons. The fraction of sp³-hybridized carbons (Fsp3) is 0.231. The van der Waals surface area contributed by atoms with Gasteiger partial charge in [-0.05, 0) is 53.8 Å². The first-order valence-corrected chi connectivity index (χ1v) is 12.1. The SMILES string of the molecule is CC(=O)N(C)C1Cc2ccc(C(=O)Cn3cnc4cc(-c5ccc(Cl)cc5)sc4c3=O)cc2C1. The molecular formula is C26H22ClN3O3S. The number of carbonyl (C=O) groups is 2. The molecule has 0 saturated carbocycles. The number of nitrogens with zero attached hydrogens (tertiary/aromatic N) is 3. The Balaban J connectivity index is 1.38. The second-order valence-corrected chi connectivity index (χ2v) is 10.1. The van der Waals surface area contributed by atoms with Gasteiger partial charge in [0.05, 0.1) is 18.4 Å². The molecule has 4 aromatic rings. The number of benzene rings is 2. The van der Waals surface area contributed by atoms with Crippen molar-refractivity contribution in [3.05, 3.63) is 86.9 Å². The summed E-state index contributed by atoms with van der Waals surface area (Å²) in [5.74, 6) is -0.118. The number of ketones is 1. The van der Waals surface area contributed by atoms with Crippen molar-refractivity contribution in [2.45, 2.75) is 32.4 Å². The lowest BCUT2D eigenvalue weighted by Crippen LogP contribution is -2.35. The lowest BCUT2D eigenvalue weighted by Gasteiger charge is -2.22. The highest BCUT2D eigenvalue weighted by molar-refractivity contribution is 7.22. The third-order valence-electron chi connectivity index (χ3n) is 6.43. The van der Waals surface area contributed by atoms with Crippen molar-refractivity contribution in [2.75, 3.05) is 7.05 Å². The standard InChI is InChI=1S/C26H22ClN3O3S/c1-15(31)29(2)21-10-17-3-4-18(9-19(17)11-21)23(32)13-30-14-28-22-12-24(34-25(22)26(30)33)16-5-7-20(27)8-6-16/h3-9,12,14,21H,10-11,13H2,1-2H3. The van der Waals surface area contributed by atoms with Crippen molar-refractivity contribution < 1.29 is 9.59 Å². The zero-order chi connectivity index (χ0) is 24.0. The van der Waals surface area contributed by atoms with Crippen LogP contribution in [0.25, 0.3) is 20.7 Å². The average Bonchev–Trinajstić information content (AvgIpc) is 3.45. The van der Waals surface area contributed by atoms with E-state index >= 15 is 0 Å². The number of rotatable bonds is 5. The van der Waals surface area contributed by atoms with E-state index in [0.29, 0.717) is 20.8 Å². The van der Waals surface area contributed by atoms with E-state index in [4.69, 9.17) is 11.6 Å². The second kappa shape index (κ2) is 8.81. The van der Waals surface area contributed by atoms with Gasteiger partial charge >= 0.3 is 0 Å². The van der Waals surface area contributed by atoms with Gasteiger partial charge in [-0.25, -0.2) is 4.98 Å². The molecule has 1 amide bonds.